The normalized spacial score (nSPS) is 13.6. The summed E-state index contributed by atoms with van der Waals surface area (Å²) in [5, 5.41) is 2.72. The predicted octanol–water partition coefficient (Wildman–Crippen LogP) is 6.03. The highest BCUT2D eigenvalue weighted by atomic mass is 35.5. The molecule has 6 nitrogen and oxygen atoms in total. The number of nitrogens with one attached hydrogen (secondary N) is 1. The summed E-state index contributed by atoms with van der Waals surface area (Å²) >= 11 is 6.21. The number of imide groups is 1. The summed E-state index contributed by atoms with van der Waals surface area (Å²) in [6.07, 6.45) is 0.849. The molecule has 0 saturated heterocycles. The zero-order valence-electron chi connectivity index (χ0n) is 19.7. The molecular weight excluding hydrogens is 464 g/mol. The average molecular weight is 489 g/mol. The van der Waals surface area contributed by atoms with E-state index in [4.69, 9.17) is 16.3 Å². The number of anilines is 2. The van der Waals surface area contributed by atoms with Gasteiger partial charge >= 0.3 is 5.97 Å². The van der Waals surface area contributed by atoms with E-state index in [0.29, 0.717) is 28.6 Å². The first kappa shape index (κ1) is 24.2. The minimum absolute atomic E-state index is 0.0166. The number of hydrogen-bond donors (Lipinski definition) is 1. The molecule has 0 bridgehead atoms. The molecule has 0 fully saturated rings. The summed E-state index contributed by atoms with van der Waals surface area (Å²) in [7, 11) is 0. The quantitative estimate of drug-likeness (QED) is 0.250. The van der Waals surface area contributed by atoms with Crippen molar-refractivity contribution in [1.29, 1.82) is 0 Å². The predicted molar refractivity (Wildman–Crippen MR) is 137 cm³/mol. The average Bonchev–Trinajstić information content (AvgIpc) is 3.07. The van der Waals surface area contributed by atoms with Gasteiger partial charge in [-0.25, -0.2) is 9.69 Å². The molecule has 1 heterocycles. The Bertz CT molecular complexity index is 1310. The minimum atomic E-state index is -0.591. The number of halogens is 1. The summed E-state index contributed by atoms with van der Waals surface area (Å²) < 4.78 is 5.50. The number of carbonyl (C=O) groups excluding carboxylic acids is 3. The smallest absolute Gasteiger partial charge is 0.343 e. The fourth-order valence-electron chi connectivity index (χ4n) is 3.66. The van der Waals surface area contributed by atoms with Gasteiger partial charge in [-0.2, -0.15) is 0 Å². The third-order valence-electron chi connectivity index (χ3n) is 5.76. The summed E-state index contributed by atoms with van der Waals surface area (Å²) in [4.78, 5) is 39.2. The zero-order valence-corrected chi connectivity index (χ0v) is 20.4. The fourth-order valence-corrected chi connectivity index (χ4v) is 3.88. The van der Waals surface area contributed by atoms with Crippen LogP contribution in [0.5, 0.6) is 5.75 Å². The fraction of sp³-hybridized carbons (Fsp3) is 0.179. The highest BCUT2D eigenvalue weighted by Gasteiger charge is 2.38. The van der Waals surface area contributed by atoms with E-state index in [0.717, 1.165) is 22.4 Å². The van der Waals surface area contributed by atoms with Gasteiger partial charge in [0.25, 0.3) is 11.8 Å². The number of carbonyl (C=O) groups is 3. The lowest BCUT2D eigenvalue weighted by Crippen LogP contribution is -2.32. The lowest BCUT2D eigenvalue weighted by molar-refractivity contribution is -0.120. The Kier molecular flexibility index (Phi) is 7.03. The molecule has 0 spiro atoms. The van der Waals surface area contributed by atoms with Crippen molar-refractivity contribution in [3.63, 3.8) is 0 Å². The number of aryl methyl sites for hydroxylation is 1. The maximum atomic E-state index is 13.0. The number of ether oxygens (including phenoxy) is 1. The molecule has 0 aliphatic carbocycles. The molecular formula is C28H25ClN2O4. The first-order valence-corrected chi connectivity index (χ1v) is 11.7. The van der Waals surface area contributed by atoms with E-state index >= 15 is 0 Å². The Morgan fingerprint density at radius 3 is 2.29 bits per heavy atom. The summed E-state index contributed by atoms with van der Waals surface area (Å²) in [5.41, 5.74) is 3.45. The SMILES string of the molecule is CCc1ccc(N2C(=O)C(Cl)=C(Nc3ccc(C(=O)Oc4cccc(C(C)C)c4)cc3)C2=O)cc1. The van der Waals surface area contributed by atoms with E-state index in [1.807, 2.05) is 37.3 Å². The van der Waals surface area contributed by atoms with Crippen molar-refractivity contribution in [1.82, 2.24) is 0 Å². The highest BCUT2D eigenvalue weighted by molar-refractivity contribution is 6.53. The molecule has 1 N–H and O–H groups in total. The van der Waals surface area contributed by atoms with Gasteiger partial charge < -0.3 is 10.1 Å². The molecule has 0 atom stereocenters. The van der Waals surface area contributed by atoms with Crippen LogP contribution in [0.2, 0.25) is 0 Å². The largest absolute Gasteiger partial charge is 0.423 e. The minimum Gasteiger partial charge on any atom is -0.423 e. The van der Waals surface area contributed by atoms with Crippen LogP contribution in [0.15, 0.2) is 83.5 Å². The zero-order chi connectivity index (χ0) is 25.1. The first-order valence-electron chi connectivity index (χ1n) is 11.3. The van der Waals surface area contributed by atoms with Crippen LogP contribution in [0, 0.1) is 0 Å². The van der Waals surface area contributed by atoms with Gasteiger partial charge in [-0.3, -0.25) is 9.59 Å². The maximum Gasteiger partial charge on any atom is 0.343 e. The van der Waals surface area contributed by atoms with Crippen LogP contribution in [0.1, 0.15) is 48.2 Å². The topological polar surface area (TPSA) is 75.7 Å². The van der Waals surface area contributed by atoms with Crippen LogP contribution in [0.4, 0.5) is 11.4 Å². The second kappa shape index (κ2) is 10.2. The Labute approximate surface area is 209 Å². The molecule has 0 saturated carbocycles. The summed E-state index contributed by atoms with van der Waals surface area (Å²) in [6, 6.07) is 21.0. The molecule has 1 aliphatic heterocycles. The van der Waals surface area contributed by atoms with E-state index in [1.165, 1.54) is 0 Å². The number of amides is 2. The van der Waals surface area contributed by atoms with Crippen LogP contribution in [-0.4, -0.2) is 17.8 Å². The monoisotopic (exact) mass is 488 g/mol. The van der Waals surface area contributed by atoms with Crippen LogP contribution in [0.25, 0.3) is 0 Å². The lowest BCUT2D eigenvalue weighted by Gasteiger charge is -2.15. The second-order valence-corrected chi connectivity index (χ2v) is 8.85. The van der Waals surface area contributed by atoms with Crippen molar-refractivity contribution in [2.24, 2.45) is 0 Å². The number of esters is 1. The molecule has 0 aromatic heterocycles. The number of nitrogens with zero attached hydrogens (tertiary/aromatic N) is 1. The van der Waals surface area contributed by atoms with Crippen molar-refractivity contribution in [3.8, 4) is 5.75 Å². The van der Waals surface area contributed by atoms with E-state index in [1.54, 1.807) is 42.5 Å². The third kappa shape index (κ3) is 5.12. The molecule has 178 valence electrons. The molecule has 3 aromatic carbocycles. The van der Waals surface area contributed by atoms with Crippen LogP contribution < -0.4 is 15.0 Å². The standard InChI is InChI=1S/C28H25ClN2O4/c1-4-18-8-14-22(15-9-18)31-26(32)24(29)25(27(31)33)30-21-12-10-19(11-13-21)28(34)35-23-7-5-6-20(16-23)17(2)3/h5-17,30H,4H2,1-3H3. The van der Waals surface area contributed by atoms with Crippen molar-refractivity contribution in [2.45, 2.75) is 33.1 Å². The number of hydrogen-bond acceptors (Lipinski definition) is 5. The van der Waals surface area contributed by atoms with E-state index in [9.17, 15) is 14.4 Å². The molecule has 1 aliphatic rings. The van der Waals surface area contributed by atoms with Gasteiger partial charge in [0, 0.05) is 5.69 Å². The van der Waals surface area contributed by atoms with Crippen molar-refractivity contribution in [3.05, 3.63) is 100 Å². The number of benzene rings is 3. The van der Waals surface area contributed by atoms with Gasteiger partial charge in [0.05, 0.1) is 11.3 Å². The van der Waals surface area contributed by atoms with Gasteiger partial charge in [-0.15, -0.1) is 0 Å². The Hall–Kier alpha value is -3.90. The van der Waals surface area contributed by atoms with Crippen LogP contribution >= 0.6 is 11.6 Å². The van der Waals surface area contributed by atoms with E-state index in [-0.39, 0.29) is 10.7 Å². The Balaban J connectivity index is 1.46. The lowest BCUT2D eigenvalue weighted by atomic mass is 10.0. The first-order chi connectivity index (χ1) is 16.8. The second-order valence-electron chi connectivity index (χ2n) is 8.47. The van der Waals surface area contributed by atoms with Crippen LogP contribution in [-0.2, 0) is 16.0 Å². The van der Waals surface area contributed by atoms with Crippen molar-refractivity contribution < 1.29 is 19.1 Å². The van der Waals surface area contributed by atoms with Gasteiger partial charge in [-0.05, 0) is 72.0 Å². The molecule has 7 heteroatoms. The molecule has 0 unspecified atom stereocenters. The Morgan fingerprint density at radius 1 is 0.971 bits per heavy atom. The molecule has 35 heavy (non-hydrogen) atoms. The maximum absolute atomic E-state index is 13.0. The van der Waals surface area contributed by atoms with Crippen LogP contribution in [0.3, 0.4) is 0 Å². The number of rotatable bonds is 7. The molecule has 2 amide bonds. The van der Waals surface area contributed by atoms with Crippen molar-refractivity contribution in [2.75, 3.05) is 10.2 Å². The van der Waals surface area contributed by atoms with Gasteiger partial charge in [-0.1, -0.05) is 56.6 Å². The third-order valence-corrected chi connectivity index (χ3v) is 6.11. The van der Waals surface area contributed by atoms with Crippen molar-refractivity contribution >= 4 is 40.8 Å². The van der Waals surface area contributed by atoms with Gasteiger partial charge in [0.2, 0.25) is 0 Å². The van der Waals surface area contributed by atoms with E-state index in [2.05, 4.69) is 19.2 Å². The molecule has 4 rings (SSSR count). The van der Waals surface area contributed by atoms with Gasteiger partial charge in [0.1, 0.15) is 16.5 Å². The molecule has 3 aromatic rings. The summed E-state index contributed by atoms with van der Waals surface area (Å²) in [5.74, 6) is -0.840. The highest BCUT2D eigenvalue weighted by Crippen LogP contribution is 2.30. The summed E-state index contributed by atoms with van der Waals surface area (Å²) in [6.45, 7) is 6.16. The van der Waals surface area contributed by atoms with E-state index < -0.39 is 17.8 Å². The van der Waals surface area contributed by atoms with Gasteiger partial charge in [0.15, 0.2) is 0 Å². The Morgan fingerprint density at radius 2 is 1.66 bits per heavy atom. The molecule has 0 radical (unpaired) electrons.